The van der Waals surface area contributed by atoms with Gasteiger partial charge >= 0.3 is 0 Å². The van der Waals surface area contributed by atoms with Crippen LogP contribution in [0.3, 0.4) is 0 Å². The van der Waals surface area contributed by atoms with E-state index in [-0.39, 0.29) is 25.1 Å². The Morgan fingerprint density at radius 2 is 1.81 bits per heavy atom. The lowest BCUT2D eigenvalue weighted by molar-refractivity contribution is -0.122. The Balaban J connectivity index is 0.00000261. The predicted molar refractivity (Wildman–Crippen MR) is 108 cm³/mol. The fourth-order valence-corrected chi connectivity index (χ4v) is 2.93. The summed E-state index contributed by atoms with van der Waals surface area (Å²) in [6.07, 6.45) is -0.677. The third-order valence-corrected chi connectivity index (χ3v) is 4.35. The standard InChI is InChI=1S/C20H24N2O4.ClH/c1-11(2)15-6-5-14(7-12(15)3)26-13(4)20(23)22-17-9-19-18(8-16(17)21)24-10-25-19;/h5-9,11,13H,10,21H2,1-4H3,(H,22,23);1H. The van der Waals surface area contributed by atoms with Crippen LogP contribution in [0.4, 0.5) is 11.4 Å². The minimum absolute atomic E-state index is 0. The van der Waals surface area contributed by atoms with Gasteiger partial charge in [-0.1, -0.05) is 19.9 Å². The number of nitrogens with one attached hydrogen (secondary N) is 1. The molecule has 0 fully saturated rings. The summed E-state index contributed by atoms with van der Waals surface area (Å²) in [6.45, 7) is 8.19. The number of nitrogens with two attached hydrogens (primary N) is 1. The second-order valence-electron chi connectivity index (χ2n) is 6.72. The van der Waals surface area contributed by atoms with Gasteiger partial charge in [0, 0.05) is 12.1 Å². The number of rotatable bonds is 5. The quantitative estimate of drug-likeness (QED) is 0.743. The summed E-state index contributed by atoms with van der Waals surface area (Å²) in [5.74, 6) is 1.95. The number of halogens is 1. The van der Waals surface area contributed by atoms with Crippen LogP contribution in [0.15, 0.2) is 30.3 Å². The van der Waals surface area contributed by atoms with Gasteiger partial charge in [-0.2, -0.15) is 0 Å². The molecule has 27 heavy (non-hydrogen) atoms. The van der Waals surface area contributed by atoms with E-state index in [0.29, 0.717) is 34.5 Å². The Morgan fingerprint density at radius 1 is 1.15 bits per heavy atom. The smallest absolute Gasteiger partial charge is 0.265 e. The molecule has 1 amide bonds. The van der Waals surface area contributed by atoms with Gasteiger partial charge < -0.3 is 25.3 Å². The first-order chi connectivity index (χ1) is 12.3. The Kier molecular flexibility index (Phi) is 6.44. The molecule has 7 heteroatoms. The van der Waals surface area contributed by atoms with Gasteiger partial charge in [0.25, 0.3) is 5.91 Å². The van der Waals surface area contributed by atoms with Crippen LogP contribution >= 0.6 is 12.4 Å². The lowest BCUT2D eigenvalue weighted by Gasteiger charge is -2.17. The SMILES string of the molecule is Cc1cc(OC(C)C(=O)Nc2cc3c(cc2N)OCO3)ccc1C(C)C.Cl. The molecule has 0 aliphatic carbocycles. The molecule has 2 aromatic carbocycles. The average molecular weight is 393 g/mol. The molecule has 1 aliphatic rings. The molecule has 6 nitrogen and oxygen atoms in total. The Bertz CT molecular complexity index is 839. The molecule has 3 rings (SSSR count). The second kappa shape index (κ2) is 8.39. The minimum atomic E-state index is -0.677. The first kappa shape index (κ1) is 20.7. The van der Waals surface area contributed by atoms with Crippen LogP contribution in [-0.4, -0.2) is 18.8 Å². The van der Waals surface area contributed by atoms with Crippen molar-refractivity contribution in [3.63, 3.8) is 0 Å². The molecule has 0 radical (unpaired) electrons. The molecule has 1 unspecified atom stereocenters. The summed E-state index contributed by atoms with van der Waals surface area (Å²) >= 11 is 0. The van der Waals surface area contributed by atoms with E-state index in [0.717, 1.165) is 5.56 Å². The highest BCUT2D eigenvalue weighted by atomic mass is 35.5. The average Bonchev–Trinajstić information content (AvgIpc) is 3.01. The number of hydrogen-bond donors (Lipinski definition) is 2. The van der Waals surface area contributed by atoms with Gasteiger partial charge in [0.15, 0.2) is 17.6 Å². The number of carbonyl (C=O) groups excluding carboxylic acids is 1. The maximum atomic E-state index is 12.5. The van der Waals surface area contributed by atoms with Gasteiger partial charge in [0.1, 0.15) is 5.75 Å². The number of amides is 1. The number of hydrogen-bond acceptors (Lipinski definition) is 5. The van der Waals surface area contributed by atoms with Crippen molar-refractivity contribution in [1.29, 1.82) is 0 Å². The van der Waals surface area contributed by atoms with Gasteiger partial charge in [-0.05, 0) is 43.0 Å². The zero-order valence-electron chi connectivity index (χ0n) is 15.9. The Morgan fingerprint density at radius 3 is 2.44 bits per heavy atom. The maximum Gasteiger partial charge on any atom is 0.265 e. The normalized spacial score (nSPS) is 13.1. The van der Waals surface area contributed by atoms with Gasteiger partial charge in [-0.15, -0.1) is 12.4 Å². The van der Waals surface area contributed by atoms with Crippen LogP contribution in [0, 0.1) is 6.92 Å². The van der Waals surface area contributed by atoms with E-state index < -0.39 is 6.10 Å². The highest BCUT2D eigenvalue weighted by molar-refractivity contribution is 5.97. The zero-order chi connectivity index (χ0) is 18.8. The van der Waals surface area contributed by atoms with Crippen LogP contribution < -0.4 is 25.3 Å². The number of anilines is 2. The van der Waals surface area contributed by atoms with Crippen molar-refractivity contribution in [2.45, 2.75) is 39.7 Å². The number of nitrogen functional groups attached to an aromatic ring is 1. The monoisotopic (exact) mass is 392 g/mol. The largest absolute Gasteiger partial charge is 0.481 e. The number of fused-ring (bicyclic) bond motifs is 1. The highest BCUT2D eigenvalue weighted by Gasteiger charge is 2.20. The molecular formula is C20H25ClN2O4. The fourth-order valence-electron chi connectivity index (χ4n) is 2.93. The second-order valence-corrected chi connectivity index (χ2v) is 6.72. The number of aryl methyl sites for hydroxylation is 1. The number of carbonyl (C=O) groups is 1. The Hall–Kier alpha value is -2.60. The molecule has 0 aromatic heterocycles. The van der Waals surface area contributed by atoms with Crippen LogP contribution in [0.25, 0.3) is 0 Å². The fraction of sp³-hybridized carbons (Fsp3) is 0.350. The van der Waals surface area contributed by atoms with E-state index in [9.17, 15) is 4.79 Å². The molecule has 0 saturated carbocycles. The van der Waals surface area contributed by atoms with Crippen molar-refractivity contribution in [1.82, 2.24) is 0 Å². The topological polar surface area (TPSA) is 82.8 Å². The van der Waals surface area contributed by atoms with Crippen molar-refractivity contribution in [3.8, 4) is 17.2 Å². The van der Waals surface area contributed by atoms with E-state index in [2.05, 4.69) is 19.2 Å². The molecule has 3 N–H and O–H groups in total. The van der Waals surface area contributed by atoms with E-state index in [1.165, 1.54) is 5.56 Å². The van der Waals surface area contributed by atoms with Crippen LogP contribution in [0.5, 0.6) is 17.2 Å². The molecular weight excluding hydrogens is 368 g/mol. The van der Waals surface area contributed by atoms with Crippen LogP contribution in [0.2, 0.25) is 0 Å². The zero-order valence-corrected chi connectivity index (χ0v) is 16.7. The van der Waals surface area contributed by atoms with E-state index in [1.807, 2.05) is 25.1 Å². The molecule has 1 heterocycles. The molecule has 0 spiro atoms. The number of ether oxygens (including phenoxy) is 3. The van der Waals surface area contributed by atoms with E-state index >= 15 is 0 Å². The lowest BCUT2D eigenvalue weighted by atomic mass is 9.98. The first-order valence-electron chi connectivity index (χ1n) is 8.62. The van der Waals surface area contributed by atoms with Gasteiger partial charge in [0.05, 0.1) is 11.4 Å². The van der Waals surface area contributed by atoms with Crippen molar-refractivity contribution in [3.05, 3.63) is 41.5 Å². The van der Waals surface area contributed by atoms with Gasteiger partial charge in [-0.25, -0.2) is 0 Å². The highest BCUT2D eigenvalue weighted by Crippen LogP contribution is 2.38. The first-order valence-corrected chi connectivity index (χ1v) is 8.62. The molecule has 2 aromatic rings. The summed E-state index contributed by atoms with van der Waals surface area (Å²) < 4.78 is 16.4. The summed E-state index contributed by atoms with van der Waals surface area (Å²) in [6, 6.07) is 9.17. The van der Waals surface area contributed by atoms with Gasteiger partial charge in [-0.3, -0.25) is 4.79 Å². The molecule has 146 valence electrons. The van der Waals surface area contributed by atoms with Crippen molar-refractivity contribution in [2.24, 2.45) is 0 Å². The summed E-state index contributed by atoms with van der Waals surface area (Å²) in [5, 5.41) is 2.78. The maximum absolute atomic E-state index is 12.5. The third kappa shape index (κ3) is 4.57. The van der Waals surface area contributed by atoms with Crippen LogP contribution in [-0.2, 0) is 4.79 Å². The minimum Gasteiger partial charge on any atom is -0.481 e. The molecule has 1 atom stereocenters. The summed E-state index contributed by atoms with van der Waals surface area (Å²) in [5.41, 5.74) is 9.26. The molecule has 0 bridgehead atoms. The number of benzene rings is 2. The lowest BCUT2D eigenvalue weighted by Crippen LogP contribution is -2.30. The third-order valence-electron chi connectivity index (χ3n) is 4.35. The van der Waals surface area contributed by atoms with Crippen molar-refractivity contribution < 1.29 is 19.0 Å². The van der Waals surface area contributed by atoms with Gasteiger partial charge in [0.2, 0.25) is 6.79 Å². The molecule has 0 saturated heterocycles. The Labute approximate surface area is 165 Å². The van der Waals surface area contributed by atoms with Crippen LogP contribution in [0.1, 0.15) is 37.8 Å². The van der Waals surface area contributed by atoms with Crippen molar-refractivity contribution in [2.75, 3.05) is 17.8 Å². The van der Waals surface area contributed by atoms with E-state index in [4.69, 9.17) is 19.9 Å². The summed E-state index contributed by atoms with van der Waals surface area (Å²) in [4.78, 5) is 12.5. The van der Waals surface area contributed by atoms with Crippen molar-refractivity contribution >= 4 is 29.7 Å². The predicted octanol–water partition coefficient (Wildman–Crippen LogP) is 4.26. The van der Waals surface area contributed by atoms with E-state index in [1.54, 1.807) is 19.1 Å². The summed E-state index contributed by atoms with van der Waals surface area (Å²) in [7, 11) is 0. The molecule has 1 aliphatic heterocycles.